The molecule has 128 valence electrons. The fraction of sp³-hybridized carbons (Fsp3) is 0.438. The highest BCUT2D eigenvalue weighted by atomic mass is 19.1. The lowest BCUT2D eigenvalue weighted by Gasteiger charge is -2.19. The number of amides is 4. The van der Waals surface area contributed by atoms with Crippen molar-refractivity contribution in [1.29, 1.82) is 0 Å². The van der Waals surface area contributed by atoms with E-state index in [-0.39, 0.29) is 30.2 Å². The fourth-order valence-corrected chi connectivity index (χ4v) is 2.97. The summed E-state index contributed by atoms with van der Waals surface area (Å²) in [4.78, 5) is 34.4. The van der Waals surface area contributed by atoms with Crippen LogP contribution in [0.25, 0.3) is 0 Å². The minimum atomic E-state index is -0.828. The van der Waals surface area contributed by atoms with Crippen LogP contribution in [0.1, 0.15) is 24.5 Å². The molecule has 0 aromatic heterocycles. The van der Waals surface area contributed by atoms with Crippen LogP contribution in [0, 0.1) is 11.7 Å². The van der Waals surface area contributed by atoms with E-state index in [1.807, 2.05) is 0 Å². The van der Waals surface area contributed by atoms with Gasteiger partial charge in [-0.25, -0.2) is 9.18 Å². The Morgan fingerprint density at radius 2 is 2.04 bits per heavy atom. The van der Waals surface area contributed by atoms with Crippen LogP contribution in [0.5, 0.6) is 0 Å². The molecule has 1 aromatic carbocycles. The van der Waals surface area contributed by atoms with Crippen LogP contribution in [0.4, 0.5) is 9.18 Å². The summed E-state index contributed by atoms with van der Waals surface area (Å²) in [5.74, 6) is -1.05. The third-order valence-corrected chi connectivity index (χ3v) is 4.22. The maximum Gasteiger partial charge on any atom is 0.322 e. The van der Waals surface area contributed by atoms with E-state index < -0.39 is 18.0 Å². The molecule has 3 N–H and O–H groups in total. The third kappa shape index (κ3) is 3.70. The number of benzene rings is 1. The van der Waals surface area contributed by atoms with Crippen molar-refractivity contribution in [2.24, 2.45) is 5.92 Å². The van der Waals surface area contributed by atoms with E-state index >= 15 is 0 Å². The predicted molar refractivity (Wildman–Crippen MR) is 81.3 cm³/mol. The van der Waals surface area contributed by atoms with Crippen molar-refractivity contribution in [3.05, 3.63) is 35.6 Å². The lowest BCUT2D eigenvalue weighted by molar-refractivity contribution is -0.126. The minimum absolute atomic E-state index is 0.0754. The predicted octanol–water partition coefficient (Wildman–Crippen LogP) is 0.618. The molecule has 2 aliphatic heterocycles. The number of halogens is 1. The minimum Gasteiger partial charge on any atom is -0.373 e. The number of carbonyl (C=O) groups excluding carboxylic acids is 3. The number of hydrogen-bond donors (Lipinski definition) is 3. The topological polar surface area (TPSA) is 96.5 Å². The second kappa shape index (κ2) is 6.96. The highest BCUT2D eigenvalue weighted by molar-refractivity contribution is 6.05. The van der Waals surface area contributed by atoms with Gasteiger partial charge >= 0.3 is 6.03 Å². The number of imide groups is 1. The smallest absolute Gasteiger partial charge is 0.322 e. The van der Waals surface area contributed by atoms with Gasteiger partial charge < -0.3 is 15.4 Å². The van der Waals surface area contributed by atoms with Crippen LogP contribution in [-0.2, 0) is 14.3 Å². The molecular weight excluding hydrogens is 317 g/mol. The molecular formula is C16H18FN3O4. The van der Waals surface area contributed by atoms with Crippen LogP contribution in [-0.4, -0.2) is 37.0 Å². The van der Waals surface area contributed by atoms with E-state index in [0.717, 1.165) is 12.0 Å². The Kier molecular flexibility index (Phi) is 4.75. The van der Waals surface area contributed by atoms with Crippen LogP contribution in [0.15, 0.2) is 24.3 Å². The Hall–Kier alpha value is -2.48. The molecule has 0 spiro atoms. The van der Waals surface area contributed by atoms with Gasteiger partial charge in [-0.15, -0.1) is 0 Å². The first kappa shape index (κ1) is 16.4. The van der Waals surface area contributed by atoms with Crippen molar-refractivity contribution in [1.82, 2.24) is 16.0 Å². The molecule has 24 heavy (non-hydrogen) atoms. The quantitative estimate of drug-likeness (QED) is 0.687. The molecule has 0 bridgehead atoms. The normalized spacial score (nSPS) is 26.1. The van der Waals surface area contributed by atoms with Crippen molar-refractivity contribution in [2.45, 2.75) is 25.0 Å². The summed E-state index contributed by atoms with van der Waals surface area (Å²) in [6.45, 7) is 0.965. The molecule has 2 heterocycles. The van der Waals surface area contributed by atoms with Crippen LogP contribution < -0.4 is 16.0 Å². The van der Waals surface area contributed by atoms with E-state index in [1.54, 1.807) is 12.1 Å². The highest BCUT2D eigenvalue weighted by Gasteiger charge is 2.33. The van der Waals surface area contributed by atoms with Gasteiger partial charge in [-0.2, -0.15) is 0 Å². The van der Waals surface area contributed by atoms with Gasteiger partial charge in [-0.3, -0.25) is 14.9 Å². The highest BCUT2D eigenvalue weighted by Crippen LogP contribution is 2.34. The summed E-state index contributed by atoms with van der Waals surface area (Å²) in [5, 5.41) is 7.24. The van der Waals surface area contributed by atoms with Gasteiger partial charge in [0, 0.05) is 19.1 Å². The van der Waals surface area contributed by atoms with E-state index in [0.29, 0.717) is 13.2 Å². The van der Waals surface area contributed by atoms with E-state index in [1.165, 1.54) is 12.1 Å². The zero-order chi connectivity index (χ0) is 17.1. The summed E-state index contributed by atoms with van der Waals surface area (Å²) in [6.07, 6.45) is 0.482. The second-order valence-electron chi connectivity index (χ2n) is 5.92. The van der Waals surface area contributed by atoms with Crippen LogP contribution in [0.3, 0.4) is 0 Å². The molecule has 4 amide bonds. The van der Waals surface area contributed by atoms with Crippen molar-refractivity contribution in [2.75, 3.05) is 13.2 Å². The molecule has 0 unspecified atom stereocenters. The monoisotopic (exact) mass is 335 g/mol. The molecule has 1 aromatic rings. The zero-order valence-corrected chi connectivity index (χ0v) is 12.9. The van der Waals surface area contributed by atoms with Crippen molar-refractivity contribution in [3.8, 4) is 0 Å². The van der Waals surface area contributed by atoms with Gasteiger partial charge in [-0.1, -0.05) is 12.1 Å². The number of nitrogens with one attached hydrogen (secondary N) is 3. The Labute approximate surface area is 137 Å². The molecule has 2 aliphatic rings. The number of ether oxygens (including phenoxy) is 1. The molecule has 7 nitrogen and oxygen atoms in total. The Morgan fingerprint density at radius 1 is 1.29 bits per heavy atom. The summed E-state index contributed by atoms with van der Waals surface area (Å²) >= 11 is 0. The average Bonchev–Trinajstić information content (AvgIpc) is 3.13. The fourth-order valence-electron chi connectivity index (χ4n) is 2.97. The molecule has 0 radical (unpaired) electrons. The summed E-state index contributed by atoms with van der Waals surface area (Å²) in [5.41, 5.74) is 0.871. The number of carbonyl (C=O) groups is 3. The third-order valence-electron chi connectivity index (χ3n) is 4.22. The molecule has 8 heteroatoms. The lowest BCUT2D eigenvalue weighted by atomic mass is 9.95. The average molecular weight is 335 g/mol. The van der Waals surface area contributed by atoms with Gasteiger partial charge in [0.1, 0.15) is 11.9 Å². The van der Waals surface area contributed by atoms with Gasteiger partial charge in [0.25, 0.3) is 5.91 Å². The molecule has 3 rings (SSSR count). The first-order chi connectivity index (χ1) is 11.5. The van der Waals surface area contributed by atoms with E-state index in [2.05, 4.69) is 16.0 Å². The van der Waals surface area contributed by atoms with E-state index in [4.69, 9.17) is 4.74 Å². The maximum atomic E-state index is 13.0. The van der Waals surface area contributed by atoms with Crippen LogP contribution >= 0.6 is 0 Å². The number of rotatable bonds is 5. The molecule has 2 saturated heterocycles. The van der Waals surface area contributed by atoms with Crippen molar-refractivity contribution < 1.29 is 23.5 Å². The Morgan fingerprint density at radius 3 is 2.71 bits per heavy atom. The van der Waals surface area contributed by atoms with Crippen LogP contribution in [0.2, 0.25) is 0 Å². The van der Waals surface area contributed by atoms with Gasteiger partial charge in [0.15, 0.2) is 0 Å². The SMILES string of the molecule is O=C(C[C@@H]1NC(=O)NC1=O)NC[C@@H]1CCO[C@H]1c1ccc(F)cc1. The van der Waals surface area contributed by atoms with Crippen molar-refractivity contribution >= 4 is 17.8 Å². The Balaban J connectivity index is 1.51. The Bertz CT molecular complexity index is 649. The largest absolute Gasteiger partial charge is 0.373 e. The first-order valence-corrected chi connectivity index (χ1v) is 7.78. The zero-order valence-electron chi connectivity index (χ0n) is 12.9. The molecule has 0 aliphatic carbocycles. The van der Waals surface area contributed by atoms with Gasteiger partial charge in [0.2, 0.25) is 5.91 Å². The molecule has 2 fully saturated rings. The summed E-state index contributed by atoms with van der Waals surface area (Å²) in [6, 6.07) is 4.71. The maximum absolute atomic E-state index is 13.0. The molecule has 0 saturated carbocycles. The standard InChI is InChI=1S/C16H18FN3O4/c17-11-3-1-9(2-4-11)14-10(5-6-24-14)8-18-13(21)7-12-15(22)20-16(23)19-12/h1-4,10,12,14H,5-8H2,(H,18,21)(H2,19,20,22,23)/t10-,12-,14-/m0/s1. The summed E-state index contributed by atoms with van der Waals surface area (Å²) < 4.78 is 18.7. The van der Waals surface area contributed by atoms with E-state index in [9.17, 15) is 18.8 Å². The molecule has 3 atom stereocenters. The first-order valence-electron chi connectivity index (χ1n) is 7.78. The van der Waals surface area contributed by atoms with Gasteiger partial charge in [-0.05, 0) is 24.1 Å². The second-order valence-corrected chi connectivity index (χ2v) is 5.92. The summed E-state index contributed by atoms with van der Waals surface area (Å²) in [7, 11) is 0. The van der Waals surface area contributed by atoms with Crippen molar-refractivity contribution in [3.63, 3.8) is 0 Å². The number of urea groups is 1. The van der Waals surface area contributed by atoms with Gasteiger partial charge in [0.05, 0.1) is 12.5 Å². The number of hydrogen-bond acceptors (Lipinski definition) is 4. The lowest BCUT2D eigenvalue weighted by Crippen LogP contribution is -2.38.